The summed E-state index contributed by atoms with van der Waals surface area (Å²) in [4.78, 5) is 4.28. The van der Waals surface area contributed by atoms with Crippen LogP contribution in [0.2, 0.25) is 0 Å². The summed E-state index contributed by atoms with van der Waals surface area (Å²) < 4.78 is 18.3. The largest absolute Gasteiger partial charge is 0.478 e. The monoisotopic (exact) mass is 217 g/mol. The summed E-state index contributed by atoms with van der Waals surface area (Å²) in [5.74, 6) is 0.297. The molecule has 0 aliphatic heterocycles. The maximum absolute atomic E-state index is 13.0. The molecule has 0 N–H and O–H groups in total. The van der Waals surface area contributed by atoms with E-state index in [1.807, 2.05) is 25.1 Å². The maximum Gasteiger partial charge on any atom is 0.213 e. The fourth-order valence-corrected chi connectivity index (χ4v) is 1.45. The first-order valence-electron chi connectivity index (χ1n) is 5.15. The average molecular weight is 217 g/mol. The smallest absolute Gasteiger partial charge is 0.213 e. The van der Waals surface area contributed by atoms with Crippen LogP contribution in [0.1, 0.15) is 6.92 Å². The van der Waals surface area contributed by atoms with Gasteiger partial charge >= 0.3 is 0 Å². The lowest BCUT2D eigenvalue weighted by molar-refractivity contribution is 0.327. The van der Waals surface area contributed by atoms with Crippen molar-refractivity contribution in [1.29, 1.82) is 0 Å². The predicted octanol–water partition coefficient (Wildman–Crippen LogP) is 3.29. The molecule has 16 heavy (non-hydrogen) atoms. The Bertz CT molecular complexity index is 485. The van der Waals surface area contributed by atoms with Crippen LogP contribution in [0.3, 0.4) is 0 Å². The zero-order valence-electron chi connectivity index (χ0n) is 8.98. The molecule has 1 aromatic carbocycles. The summed E-state index contributed by atoms with van der Waals surface area (Å²) in [5, 5.41) is 0. The quantitative estimate of drug-likeness (QED) is 0.787. The highest BCUT2D eigenvalue weighted by Crippen LogP contribution is 2.20. The van der Waals surface area contributed by atoms with Gasteiger partial charge in [0.2, 0.25) is 5.88 Å². The van der Waals surface area contributed by atoms with Crippen molar-refractivity contribution in [2.45, 2.75) is 6.92 Å². The number of halogens is 1. The molecule has 0 saturated heterocycles. The number of benzene rings is 1. The molecule has 82 valence electrons. The summed E-state index contributed by atoms with van der Waals surface area (Å²) in [7, 11) is 0. The Morgan fingerprint density at radius 2 is 2.00 bits per heavy atom. The molecular formula is C13H12FNO. The van der Waals surface area contributed by atoms with Gasteiger partial charge < -0.3 is 4.74 Å². The van der Waals surface area contributed by atoms with E-state index in [2.05, 4.69) is 4.98 Å². The van der Waals surface area contributed by atoms with E-state index in [1.54, 1.807) is 12.1 Å². The zero-order chi connectivity index (χ0) is 11.4. The van der Waals surface area contributed by atoms with Crippen molar-refractivity contribution in [3.8, 4) is 17.1 Å². The van der Waals surface area contributed by atoms with Crippen molar-refractivity contribution in [2.75, 3.05) is 6.61 Å². The summed E-state index contributed by atoms with van der Waals surface area (Å²) in [5.41, 5.74) is 1.46. The van der Waals surface area contributed by atoms with Gasteiger partial charge in [0.05, 0.1) is 12.3 Å². The first-order chi connectivity index (χ1) is 7.79. The first kappa shape index (κ1) is 10.6. The summed E-state index contributed by atoms with van der Waals surface area (Å²) >= 11 is 0. The molecule has 0 aliphatic carbocycles. The molecule has 1 aromatic heterocycles. The summed E-state index contributed by atoms with van der Waals surface area (Å²) in [6.45, 7) is 2.47. The number of nitrogens with zero attached hydrogens (tertiary/aromatic N) is 1. The molecule has 2 rings (SSSR count). The van der Waals surface area contributed by atoms with Gasteiger partial charge in [-0.25, -0.2) is 9.37 Å². The lowest BCUT2D eigenvalue weighted by Crippen LogP contribution is -1.95. The van der Waals surface area contributed by atoms with Gasteiger partial charge in [-0.15, -0.1) is 0 Å². The van der Waals surface area contributed by atoms with Crippen LogP contribution in [-0.2, 0) is 0 Å². The highest BCUT2D eigenvalue weighted by atomic mass is 19.1. The van der Waals surface area contributed by atoms with Crippen LogP contribution < -0.4 is 4.74 Å². The second kappa shape index (κ2) is 4.75. The normalized spacial score (nSPS) is 10.1. The second-order valence-electron chi connectivity index (χ2n) is 3.30. The third-order valence-electron chi connectivity index (χ3n) is 2.14. The van der Waals surface area contributed by atoms with Gasteiger partial charge in [-0.05, 0) is 25.1 Å². The molecule has 0 amide bonds. The molecule has 0 atom stereocenters. The zero-order valence-corrected chi connectivity index (χ0v) is 8.98. The van der Waals surface area contributed by atoms with Crippen LogP contribution in [0, 0.1) is 5.82 Å². The van der Waals surface area contributed by atoms with Crippen molar-refractivity contribution < 1.29 is 9.13 Å². The van der Waals surface area contributed by atoms with Crippen LogP contribution in [0.25, 0.3) is 11.3 Å². The number of hydrogen-bond donors (Lipinski definition) is 0. The fraction of sp³-hybridized carbons (Fsp3) is 0.154. The van der Waals surface area contributed by atoms with E-state index in [0.717, 1.165) is 5.56 Å². The highest BCUT2D eigenvalue weighted by Gasteiger charge is 2.02. The fourth-order valence-electron chi connectivity index (χ4n) is 1.45. The Kier molecular flexibility index (Phi) is 3.15. The van der Waals surface area contributed by atoms with Crippen LogP contribution in [0.5, 0.6) is 5.88 Å². The van der Waals surface area contributed by atoms with E-state index in [4.69, 9.17) is 4.74 Å². The molecule has 0 radical (unpaired) electrons. The van der Waals surface area contributed by atoms with E-state index in [0.29, 0.717) is 18.2 Å². The SMILES string of the molecule is CCOc1cccc(-c2cccc(F)c2)n1. The average Bonchev–Trinajstić information content (AvgIpc) is 2.30. The van der Waals surface area contributed by atoms with Crippen LogP contribution in [0.15, 0.2) is 42.5 Å². The summed E-state index contributed by atoms with van der Waals surface area (Å²) in [6.07, 6.45) is 0. The maximum atomic E-state index is 13.0. The molecule has 0 aliphatic rings. The predicted molar refractivity (Wildman–Crippen MR) is 60.8 cm³/mol. The molecule has 0 bridgehead atoms. The van der Waals surface area contributed by atoms with Gasteiger partial charge in [0.25, 0.3) is 0 Å². The molecule has 1 heterocycles. The molecule has 0 unspecified atom stereocenters. The number of pyridine rings is 1. The Morgan fingerprint density at radius 3 is 2.75 bits per heavy atom. The lowest BCUT2D eigenvalue weighted by atomic mass is 10.1. The number of ether oxygens (including phenoxy) is 1. The van der Waals surface area contributed by atoms with Gasteiger partial charge in [-0.1, -0.05) is 18.2 Å². The van der Waals surface area contributed by atoms with Crippen LogP contribution in [0.4, 0.5) is 4.39 Å². The molecule has 0 spiro atoms. The molecule has 0 fully saturated rings. The molecule has 3 heteroatoms. The molecule has 0 saturated carbocycles. The van der Waals surface area contributed by atoms with Gasteiger partial charge in [-0.3, -0.25) is 0 Å². The minimum atomic E-state index is -0.263. The third kappa shape index (κ3) is 2.37. The molecule has 2 aromatic rings. The van der Waals surface area contributed by atoms with Crippen LogP contribution >= 0.6 is 0 Å². The van der Waals surface area contributed by atoms with Gasteiger partial charge in [-0.2, -0.15) is 0 Å². The van der Waals surface area contributed by atoms with E-state index in [-0.39, 0.29) is 5.82 Å². The van der Waals surface area contributed by atoms with Gasteiger partial charge in [0.15, 0.2) is 0 Å². The highest BCUT2D eigenvalue weighted by molar-refractivity contribution is 5.59. The second-order valence-corrected chi connectivity index (χ2v) is 3.30. The topological polar surface area (TPSA) is 22.1 Å². The lowest BCUT2D eigenvalue weighted by Gasteiger charge is -2.05. The standard InChI is InChI=1S/C13H12FNO/c1-2-16-13-8-4-7-12(15-13)10-5-3-6-11(14)9-10/h3-9H,2H2,1H3. The van der Waals surface area contributed by atoms with Crippen molar-refractivity contribution in [2.24, 2.45) is 0 Å². The minimum absolute atomic E-state index is 0.263. The Hall–Kier alpha value is -1.90. The Balaban J connectivity index is 2.36. The van der Waals surface area contributed by atoms with Crippen molar-refractivity contribution in [3.63, 3.8) is 0 Å². The van der Waals surface area contributed by atoms with Gasteiger partial charge in [0, 0.05) is 11.6 Å². The first-order valence-corrected chi connectivity index (χ1v) is 5.15. The number of hydrogen-bond acceptors (Lipinski definition) is 2. The van der Waals surface area contributed by atoms with Crippen molar-refractivity contribution in [3.05, 3.63) is 48.3 Å². The Labute approximate surface area is 93.7 Å². The molecular weight excluding hydrogens is 205 g/mol. The van der Waals surface area contributed by atoms with Crippen molar-refractivity contribution >= 4 is 0 Å². The van der Waals surface area contributed by atoms with E-state index in [1.165, 1.54) is 12.1 Å². The number of rotatable bonds is 3. The minimum Gasteiger partial charge on any atom is -0.478 e. The van der Waals surface area contributed by atoms with E-state index < -0.39 is 0 Å². The third-order valence-corrected chi connectivity index (χ3v) is 2.14. The summed E-state index contributed by atoms with van der Waals surface area (Å²) in [6, 6.07) is 11.8. The Morgan fingerprint density at radius 1 is 1.19 bits per heavy atom. The van der Waals surface area contributed by atoms with Crippen molar-refractivity contribution in [1.82, 2.24) is 4.98 Å². The van der Waals surface area contributed by atoms with E-state index >= 15 is 0 Å². The van der Waals surface area contributed by atoms with Gasteiger partial charge in [0.1, 0.15) is 5.82 Å². The number of aromatic nitrogens is 1. The molecule has 2 nitrogen and oxygen atoms in total. The van der Waals surface area contributed by atoms with Crippen LogP contribution in [-0.4, -0.2) is 11.6 Å². The van der Waals surface area contributed by atoms with E-state index in [9.17, 15) is 4.39 Å².